The molecule has 0 unspecified atom stereocenters. The summed E-state index contributed by atoms with van der Waals surface area (Å²) in [5.41, 5.74) is 2.82. The van der Waals surface area contributed by atoms with Gasteiger partial charge in [-0.05, 0) is 37.1 Å². The zero-order valence-corrected chi connectivity index (χ0v) is 22.1. The molecule has 10 heteroatoms. The standard InChI is InChI=1S/C27H33FN8O/c1-16(2)35-23(37)19-13-31-25(32-18-7-8-20-17(11-18)12-29-15-27(20,5)6)34-22(19)36(35)21-9-10-30-24(33-21)26(3,4)14-28/h7-11,13,16,29H,12,14-15H2,1-6H3,(H,31,32,34). The molecule has 194 valence electrons. The van der Waals surface area contributed by atoms with Crippen molar-refractivity contribution in [3.63, 3.8) is 0 Å². The molecule has 1 aliphatic heterocycles. The lowest BCUT2D eigenvalue weighted by Gasteiger charge is -2.33. The van der Waals surface area contributed by atoms with E-state index in [-0.39, 0.29) is 17.0 Å². The van der Waals surface area contributed by atoms with Crippen molar-refractivity contribution < 1.29 is 4.39 Å². The van der Waals surface area contributed by atoms with Gasteiger partial charge < -0.3 is 10.6 Å². The summed E-state index contributed by atoms with van der Waals surface area (Å²) in [4.78, 5) is 31.4. The molecule has 0 amide bonds. The monoisotopic (exact) mass is 504 g/mol. The van der Waals surface area contributed by atoms with Crippen molar-refractivity contribution in [3.05, 3.63) is 64.0 Å². The normalized spacial score (nSPS) is 15.2. The van der Waals surface area contributed by atoms with Gasteiger partial charge in [0, 0.05) is 48.7 Å². The van der Waals surface area contributed by atoms with Gasteiger partial charge in [0.15, 0.2) is 11.5 Å². The van der Waals surface area contributed by atoms with Crippen molar-refractivity contribution >= 4 is 22.7 Å². The van der Waals surface area contributed by atoms with Crippen LogP contribution in [-0.4, -0.2) is 42.5 Å². The second kappa shape index (κ2) is 9.02. The number of fused-ring (bicyclic) bond motifs is 2. The van der Waals surface area contributed by atoms with E-state index in [9.17, 15) is 9.18 Å². The smallest absolute Gasteiger partial charge is 0.278 e. The number of hydrogen-bond acceptors (Lipinski definition) is 7. The number of anilines is 2. The predicted octanol–water partition coefficient (Wildman–Crippen LogP) is 4.32. The Morgan fingerprint density at radius 2 is 1.97 bits per heavy atom. The van der Waals surface area contributed by atoms with Gasteiger partial charge in [0.2, 0.25) is 5.95 Å². The Balaban J connectivity index is 1.61. The molecule has 1 aromatic carbocycles. The lowest BCUT2D eigenvalue weighted by molar-refractivity contribution is 0.336. The molecule has 4 aromatic rings. The highest BCUT2D eigenvalue weighted by Crippen LogP contribution is 2.32. The lowest BCUT2D eigenvalue weighted by atomic mass is 9.79. The molecule has 2 N–H and O–H groups in total. The van der Waals surface area contributed by atoms with Crippen LogP contribution in [-0.2, 0) is 17.4 Å². The quantitative estimate of drug-likeness (QED) is 0.403. The Labute approximate surface area is 215 Å². The maximum absolute atomic E-state index is 13.7. The molecule has 0 atom stereocenters. The van der Waals surface area contributed by atoms with Crippen molar-refractivity contribution in [2.75, 3.05) is 18.5 Å². The van der Waals surface area contributed by atoms with E-state index >= 15 is 0 Å². The summed E-state index contributed by atoms with van der Waals surface area (Å²) >= 11 is 0. The van der Waals surface area contributed by atoms with E-state index in [1.807, 2.05) is 19.9 Å². The lowest BCUT2D eigenvalue weighted by Crippen LogP contribution is -2.38. The molecule has 5 rings (SSSR count). The van der Waals surface area contributed by atoms with Crippen LogP contribution in [0.2, 0.25) is 0 Å². The van der Waals surface area contributed by atoms with E-state index in [1.165, 1.54) is 11.1 Å². The van der Waals surface area contributed by atoms with Gasteiger partial charge in [-0.2, -0.15) is 4.98 Å². The average molecular weight is 505 g/mol. The van der Waals surface area contributed by atoms with Gasteiger partial charge in [-0.15, -0.1) is 0 Å². The molecular weight excluding hydrogens is 471 g/mol. The van der Waals surface area contributed by atoms with E-state index in [0.717, 1.165) is 18.8 Å². The molecule has 0 radical (unpaired) electrons. The second-order valence-electron chi connectivity index (χ2n) is 11.2. The Bertz CT molecular complexity index is 1540. The van der Waals surface area contributed by atoms with Gasteiger partial charge >= 0.3 is 0 Å². The minimum Gasteiger partial charge on any atom is -0.324 e. The molecule has 0 fully saturated rings. The first-order valence-electron chi connectivity index (χ1n) is 12.5. The number of rotatable bonds is 6. The maximum atomic E-state index is 13.7. The van der Waals surface area contributed by atoms with Gasteiger partial charge in [0.1, 0.15) is 17.9 Å². The van der Waals surface area contributed by atoms with Crippen molar-refractivity contribution in [1.29, 1.82) is 0 Å². The Hall–Kier alpha value is -3.66. The van der Waals surface area contributed by atoms with Crippen LogP contribution in [0.4, 0.5) is 16.0 Å². The topological polar surface area (TPSA) is 103 Å². The van der Waals surface area contributed by atoms with Gasteiger partial charge in [-0.3, -0.25) is 9.18 Å². The van der Waals surface area contributed by atoms with E-state index in [2.05, 4.69) is 51.6 Å². The van der Waals surface area contributed by atoms with Gasteiger partial charge in [0.05, 0.1) is 5.41 Å². The van der Waals surface area contributed by atoms with E-state index < -0.39 is 12.1 Å². The third-order valence-electron chi connectivity index (χ3n) is 6.88. The summed E-state index contributed by atoms with van der Waals surface area (Å²) < 4.78 is 17.0. The van der Waals surface area contributed by atoms with Crippen molar-refractivity contribution in [2.45, 2.75) is 65.0 Å². The van der Waals surface area contributed by atoms with Crippen LogP contribution in [0.1, 0.15) is 64.5 Å². The van der Waals surface area contributed by atoms with Crippen LogP contribution < -0.4 is 16.2 Å². The number of aromatic nitrogens is 6. The fraction of sp³-hybridized carbons (Fsp3) is 0.444. The van der Waals surface area contributed by atoms with E-state index in [4.69, 9.17) is 4.98 Å². The zero-order valence-electron chi connectivity index (χ0n) is 22.1. The molecule has 0 aliphatic carbocycles. The SMILES string of the molecule is CC(C)n1c(=O)c2cnc(Nc3ccc4c(c3)CNCC4(C)C)nc2n1-c1ccnc(C(C)(C)CF)n1. The number of nitrogens with one attached hydrogen (secondary N) is 2. The molecule has 4 heterocycles. The summed E-state index contributed by atoms with van der Waals surface area (Å²) in [6, 6.07) is 7.81. The Morgan fingerprint density at radius 1 is 1.19 bits per heavy atom. The highest BCUT2D eigenvalue weighted by molar-refractivity contribution is 5.77. The third kappa shape index (κ3) is 4.39. The highest BCUT2D eigenvalue weighted by Gasteiger charge is 2.28. The summed E-state index contributed by atoms with van der Waals surface area (Å²) in [5.74, 6) is 1.16. The zero-order chi connectivity index (χ0) is 26.5. The summed E-state index contributed by atoms with van der Waals surface area (Å²) in [6.45, 7) is 12.9. The van der Waals surface area contributed by atoms with Crippen LogP contribution in [0.3, 0.4) is 0 Å². The maximum Gasteiger partial charge on any atom is 0.278 e. The van der Waals surface area contributed by atoms with Crippen LogP contribution in [0.25, 0.3) is 16.9 Å². The molecule has 1 aliphatic rings. The van der Waals surface area contributed by atoms with Crippen molar-refractivity contribution in [3.8, 4) is 5.82 Å². The number of halogens is 1. The first kappa shape index (κ1) is 25.0. The van der Waals surface area contributed by atoms with Gasteiger partial charge in [0.25, 0.3) is 5.56 Å². The first-order valence-corrected chi connectivity index (χ1v) is 12.5. The Kier molecular flexibility index (Phi) is 6.10. The Morgan fingerprint density at radius 3 is 2.70 bits per heavy atom. The average Bonchev–Trinajstić information content (AvgIpc) is 3.15. The fourth-order valence-corrected chi connectivity index (χ4v) is 4.81. The minimum atomic E-state index is -0.862. The van der Waals surface area contributed by atoms with E-state index in [1.54, 1.807) is 41.7 Å². The largest absolute Gasteiger partial charge is 0.324 e. The second-order valence-corrected chi connectivity index (χ2v) is 11.2. The molecular formula is C27H33FN8O. The van der Waals surface area contributed by atoms with Crippen LogP contribution in [0, 0.1) is 0 Å². The molecule has 0 spiro atoms. The van der Waals surface area contributed by atoms with Gasteiger partial charge in [-0.1, -0.05) is 33.8 Å². The van der Waals surface area contributed by atoms with Crippen molar-refractivity contribution in [2.24, 2.45) is 0 Å². The molecule has 37 heavy (non-hydrogen) atoms. The molecule has 0 saturated carbocycles. The summed E-state index contributed by atoms with van der Waals surface area (Å²) in [6.07, 6.45) is 3.12. The number of benzene rings is 1. The minimum absolute atomic E-state index is 0.0600. The third-order valence-corrected chi connectivity index (χ3v) is 6.88. The summed E-state index contributed by atoms with van der Waals surface area (Å²) in [5, 5.41) is 7.15. The van der Waals surface area contributed by atoms with Crippen LogP contribution in [0.15, 0.2) is 41.5 Å². The molecule has 0 bridgehead atoms. The highest BCUT2D eigenvalue weighted by atomic mass is 19.1. The molecule has 9 nitrogen and oxygen atoms in total. The molecule has 0 saturated heterocycles. The van der Waals surface area contributed by atoms with Crippen molar-refractivity contribution in [1.82, 2.24) is 34.6 Å². The van der Waals surface area contributed by atoms with Crippen LogP contribution >= 0.6 is 0 Å². The number of hydrogen-bond donors (Lipinski definition) is 2. The van der Waals surface area contributed by atoms with Gasteiger partial charge in [-0.25, -0.2) is 24.3 Å². The summed E-state index contributed by atoms with van der Waals surface area (Å²) in [7, 11) is 0. The first-order chi connectivity index (χ1) is 17.5. The molecule has 3 aromatic heterocycles. The van der Waals surface area contributed by atoms with E-state index in [0.29, 0.717) is 28.6 Å². The van der Waals surface area contributed by atoms with Crippen LogP contribution in [0.5, 0.6) is 0 Å². The number of nitrogens with zero attached hydrogens (tertiary/aromatic N) is 6. The fourth-order valence-electron chi connectivity index (χ4n) is 4.81. The predicted molar refractivity (Wildman–Crippen MR) is 143 cm³/mol. The number of alkyl halides is 1.